The highest BCUT2D eigenvalue weighted by atomic mass is 32.2. The van der Waals surface area contributed by atoms with E-state index >= 15 is 0 Å². The Morgan fingerprint density at radius 2 is 1.76 bits per heavy atom. The normalized spacial score (nSPS) is 17.0. The van der Waals surface area contributed by atoms with Gasteiger partial charge in [-0.3, -0.25) is 14.4 Å². The van der Waals surface area contributed by atoms with Crippen LogP contribution in [-0.4, -0.2) is 23.0 Å². The molecule has 3 rings (SSSR count). The Hall–Kier alpha value is -2.80. The Kier molecular flexibility index (Phi) is 4.76. The van der Waals surface area contributed by atoms with E-state index in [0.29, 0.717) is 17.1 Å². The second-order valence-corrected chi connectivity index (χ2v) is 6.95. The molecular weight excluding hydrogens is 338 g/mol. The number of nitrogen functional groups attached to an aromatic ring is 1. The number of nitrogens with one attached hydrogen (secondary N) is 1. The predicted molar refractivity (Wildman–Crippen MR) is 98.4 cm³/mol. The first-order valence-electron chi connectivity index (χ1n) is 7.70. The van der Waals surface area contributed by atoms with E-state index in [1.807, 2.05) is 12.1 Å². The molecule has 0 aliphatic carbocycles. The number of nitrogens with zero attached hydrogens (tertiary/aromatic N) is 1. The van der Waals surface area contributed by atoms with Crippen LogP contribution in [0.15, 0.2) is 53.4 Å². The van der Waals surface area contributed by atoms with E-state index in [9.17, 15) is 14.4 Å². The van der Waals surface area contributed by atoms with E-state index < -0.39 is 5.25 Å². The van der Waals surface area contributed by atoms with Crippen LogP contribution >= 0.6 is 11.8 Å². The maximum absolute atomic E-state index is 12.6. The molecule has 25 heavy (non-hydrogen) atoms. The van der Waals surface area contributed by atoms with Gasteiger partial charge in [0.25, 0.3) is 0 Å². The molecule has 6 nitrogen and oxygen atoms in total. The number of nitrogens with two attached hydrogens (primary N) is 1. The van der Waals surface area contributed by atoms with Crippen LogP contribution in [0, 0.1) is 0 Å². The van der Waals surface area contributed by atoms with E-state index in [-0.39, 0.29) is 24.1 Å². The maximum Gasteiger partial charge on any atom is 0.247 e. The predicted octanol–water partition coefficient (Wildman–Crippen LogP) is 2.65. The lowest BCUT2D eigenvalue weighted by atomic mass is 10.2. The number of thioether (sulfide) groups is 1. The molecule has 1 heterocycles. The summed E-state index contributed by atoms with van der Waals surface area (Å²) in [6.45, 7) is 1.42. The molecule has 2 aromatic rings. The van der Waals surface area contributed by atoms with Gasteiger partial charge >= 0.3 is 0 Å². The molecule has 1 unspecified atom stereocenters. The van der Waals surface area contributed by atoms with Gasteiger partial charge in [-0.15, -0.1) is 11.8 Å². The molecule has 1 saturated heterocycles. The fourth-order valence-electron chi connectivity index (χ4n) is 2.58. The first kappa shape index (κ1) is 17.0. The smallest absolute Gasteiger partial charge is 0.247 e. The molecular formula is C18H17N3O3S. The van der Waals surface area contributed by atoms with Gasteiger partial charge in [0, 0.05) is 29.6 Å². The Morgan fingerprint density at radius 3 is 2.36 bits per heavy atom. The third-order valence-electron chi connectivity index (χ3n) is 3.71. The molecule has 1 aliphatic heterocycles. The number of carbonyl (C=O) groups is 3. The lowest BCUT2D eigenvalue weighted by Crippen LogP contribution is -2.31. The van der Waals surface area contributed by atoms with Crippen molar-refractivity contribution in [3.8, 4) is 0 Å². The average Bonchev–Trinajstić information content (AvgIpc) is 2.84. The zero-order valence-corrected chi connectivity index (χ0v) is 14.4. The summed E-state index contributed by atoms with van der Waals surface area (Å²) in [5.41, 5.74) is 7.43. The number of benzene rings is 2. The second-order valence-electron chi connectivity index (χ2n) is 5.68. The minimum atomic E-state index is -0.453. The van der Waals surface area contributed by atoms with E-state index in [0.717, 1.165) is 4.90 Å². The molecule has 7 heteroatoms. The Morgan fingerprint density at radius 1 is 1.12 bits per heavy atom. The van der Waals surface area contributed by atoms with Crippen molar-refractivity contribution in [3.05, 3.63) is 48.5 Å². The molecule has 1 atom stereocenters. The monoisotopic (exact) mass is 355 g/mol. The van der Waals surface area contributed by atoms with Gasteiger partial charge in [0.1, 0.15) is 0 Å². The van der Waals surface area contributed by atoms with Crippen LogP contribution in [0.3, 0.4) is 0 Å². The zero-order valence-electron chi connectivity index (χ0n) is 13.6. The van der Waals surface area contributed by atoms with Crippen molar-refractivity contribution in [1.82, 2.24) is 0 Å². The molecule has 1 aliphatic rings. The number of carbonyl (C=O) groups excluding carboxylic acids is 3. The fourth-order valence-corrected chi connectivity index (χ4v) is 3.63. The summed E-state index contributed by atoms with van der Waals surface area (Å²) >= 11 is 1.36. The van der Waals surface area contributed by atoms with Crippen molar-refractivity contribution in [1.29, 1.82) is 0 Å². The number of hydrogen-bond acceptors (Lipinski definition) is 5. The van der Waals surface area contributed by atoms with Crippen molar-refractivity contribution in [2.75, 3.05) is 16.0 Å². The van der Waals surface area contributed by atoms with Crippen LogP contribution < -0.4 is 16.0 Å². The molecule has 0 spiro atoms. The van der Waals surface area contributed by atoms with Crippen LogP contribution in [0.1, 0.15) is 13.3 Å². The van der Waals surface area contributed by atoms with Gasteiger partial charge in [0.2, 0.25) is 17.7 Å². The first-order valence-corrected chi connectivity index (χ1v) is 8.58. The summed E-state index contributed by atoms with van der Waals surface area (Å²) in [4.78, 5) is 38.1. The van der Waals surface area contributed by atoms with Crippen molar-refractivity contribution in [2.45, 2.75) is 23.5 Å². The van der Waals surface area contributed by atoms with Gasteiger partial charge in [-0.1, -0.05) is 0 Å². The number of imide groups is 1. The standard InChI is InChI=1S/C18H17N3O3S/c1-11(22)20-13-4-6-14(7-5-13)21-17(23)10-16(18(21)24)25-15-8-2-12(19)3-9-15/h2-9,16H,10,19H2,1H3,(H,20,22). The fraction of sp³-hybridized carbons (Fsp3) is 0.167. The Balaban J connectivity index is 1.74. The third-order valence-corrected chi connectivity index (χ3v) is 4.91. The summed E-state index contributed by atoms with van der Waals surface area (Å²) in [7, 11) is 0. The zero-order chi connectivity index (χ0) is 18.0. The highest BCUT2D eigenvalue weighted by Gasteiger charge is 2.40. The van der Waals surface area contributed by atoms with Crippen LogP contribution in [0.25, 0.3) is 0 Å². The average molecular weight is 355 g/mol. The molecule has 3 N–H and O–H groups in total. The van der Waals surface area contributed by atoms with Crippen molar-refractivity contribution < 1.29 is 14.4 Å². The van der Waals surface area contributed by atoms with Gasteiger partial charge in [0.15, 0.2) is 0 Å². The first-order chi connectivity index (χ1) is 11.9. The van der Waals surface area contributed by atoms with E-state index in [4.69, 9.17) is 5.73 Å². The molecule has 0 aromatic heterocycles. The highest BCUT2D eigenvalue weighted by Crippen LogP contribution is 2.34. The molecule has 128 valence electrons. The largest absolute Gasteiger partial charge is 0.399 e. The Labute approximate surface area is 149 Å². The summed E-state index contributed by atoms with van der Waals surface area (Å²) in [6, 6.07) is 13.8. The maximum atomic E-state index is 12.6. The summed E-state index contributed by atoms with van der Waals surface area (Å²) in [5.74, 6) is -0.648. The number of hydrogen-bond donors (Lipinski definition) is 2. The minimum absolute atomic E-state index is 0.154. The topological polar surface area (TPSA) is 92.5 Å². The van der Waals surface area contributed by atoms with Gasteiger partial charge in [-0.05, 0) is 48.5 Å². The van der Waals surface area contributed by atoms with Crippen molar-refractivity contribution in [2.24, 2.45) is 0 Å². The Bertz CT molecular complexity index is 818. The quantitative estimate of drug-likeness (QED) is 0.650. The van der Waals surface area contributed by atoms with Crippen LogP contribution in [0.2, 0.25) is 0 Å². The summed E-state index contributed by atoms with van der Waals surface area (Å²) in [5, 5.41) is 2.20. The lowest BCUT2D eigenvalue weighted by molar-refractivity contribution is -0.121. The second kappa shape index (κ2) is 6.98. The van der Waals surface area contributed by atoms with Crippen LogP contribution in [0.5, 0.6) is 0 Å². The van der Waals surface area contributed by atoms with Gasteiger partial charge in [-0.25, -0.2) is 4.90 Å². The summed E-state index contributed by atoms with van der Waals surface area (Å²) < 4.78 is 0. The van der Waals surface area contributed by atoms with Crippen molar-refractivity contribution >= 4 is 46.5 Å². The number of rotatable bonds is 4. The lowest BCUT2D eigenvalue weighted by Gasteiger charge is -2.15. The van der Waals surface area contributed by atoms with E-state index in [2.05, 4.69) is 5.32 Å². The molecule has 1 fully saturated rings. The summed E-state index contributed by atoms with van der Waals surface area (Å²) in [6.07, 6.45) is 0.154. The number of amides is 3. The SMILES string of the molecule is CC(=O)Nc1ccc(N2C(=O)CC(Sc3ccc(N)cc3)C2=O)cc1. The van der Waals surface area contributed by atoms with Gasteiger partial charge in [-0.2, -0.15) is 0 Å². The van der Waals surface area contributed by atoms with Crippen molar-refractivity contribution in [3.63, 3.8) is 0 Å². The highest BCUT2D eigenvalue weighted by molar-refractivity contribution is 8.00. The van der Waals surface area contributed by atoms with Crippen LogP contribution in [0.4, 0.5) is 17.1 Å². The van der Waals surface area contributed by atoms with Crippen LogP contribution in [-0.2, 0) is 14.4 Å². The molecule has 0 saturated carbocycles. The number of anilines is 3. The molecule has 3 amide bonds. The minimum Gasteiger partial charge on any atom is -0.399 e. The molecule has 0 radical (unpaired) electrons. The molecule has 0 bridgehead atoms. The van der Waals surface area contributed by atoms with E-state index in [1.165, 1.54) is 23.6 Å². The van der Waals surface area contributed by atoms with Gasteiger partial charge in [0.05, 0.1) is 10.9 Å². The van der Waals surface area contributed by atoms with Gasteiger partial charge < -0.3 is 11.1 Å². The van der Waals surface area contributed by atoms with E-state index in [1.54, 1.807) is 36.4 Å². The molecule has 2 aromatic carbocycles. The third kappa shape index (κ3) is 3.83.